The number of ether oxygens (including phenoxy) is 1. The highest BCUT2D eigenvalue weighted by atomic mass is 16.6. The van der Waals surface area contributed by atoms with Crippen LogP contribution in [0.25, 0.3) is 0 Å². The van der Waals surface area contributed by atoms with Gasteiger partial charge in [0.05, 0.1) is 10.5 Å². The van der Waals surface area contributed by atoms with Gasteiger partial charge in [0.2, 0.25) is 5.78 Å². The van der Waals surface area contributed by atoms with Crippen LogP contribution in [0.1, 0.15) is 15.9 Å². The molecule has 1 atom stereocenters. The maximum atomic E-state index is 12.6. The summed E-state index contributed by atoms with van der Waals surface area (Å²) in [6.45, 7) is -0.222. The average molecular weight is 285 g/mol. The lowest BCUT2D eigenvalue weighted by Crippen LogP contribution is -2.44. The van der Waals surface area contributed by atoms with E-state index >= 15 is 0 Å². The van der Waals surface area contributed by atoms with E-state index in [4.69, 9.17) is 4.74 Å². The van der Waals surface area contributed by atoms with Crippen molar-refractivity contribution in [2.45, 2.75) is 5.60 Å². The molecule has 0 fully saturated rings. The first-order valence-corrected chi connectivity index (χ1v) is 6.26. The SMILES string of the molecule is O=C1c2cc([N+](=O)[O-])ccc2OC[C@@]1(O)c1ccccc1. The minimum atomic E-state index is -1.83. The highest BCUT2D eigenvalue weighted by Crippen LogP contribution is 2.37. The summed E-state index contributed by atoms with van der Waals surface area (Å²) < 4.78 is 5.41. The Kier molecular flexibility index (Phi) is 2.95. The smallest absolute Gasteiger partial charge is 0.270 e. The number of aliphatic hydroxyl groups is 1. The molecule has 6 heteroatoms. The molecule has 21 heavy (non-hydrogen) atoms. The number of non-ortho nitro benzene ring substituents is 1. The molecule has 0 bridgehead atoms. The van der Waals surface area contributed by atoms with Crippen LogP contribution < -0.4 is 4.74 Å². The minimum Gasteiger partial charge on any atom is -0.489 e. The van der Waals surface area contributed by atoms with E-state index in [0.29, 0.717) is 5.56 Å². The van der Waals surface area contributed by atoms with Crippen LogP contribution in [0.3, 0.4) is 0 Å². The molecule has 0 aliphatic carbocycles. The number of hydrogen-bond donors (Lipinski definition) is 1. The minimum absolute atomic E-state index is 0.0156. The Morgan fingerprint density at radius 1 is 1.19 bits per heavy atom. The van der Waals surface area contributed by atoms with Crippen molar-refractivity contribution < 1.29 is 19.6 Å². The molecule has 1 heterocycles. The molecule has 0 spiro atoms. The Balaban J connectivity index is 2.10. The number of fused-ring (bicyclic) bond motifs is 1. The lowest BCUT2D eigenvalue weighted by molar-refractivity contribution is -0.384. The molecule has 0 aromatic heterocycles. The summed E-state index contributed by atoms with van der Waals surface area (Å²) in [6.07, 6.45) is 0. The van der Waals surface area contributed by atoms with Crippen molar-refractivity contribution in [3.63, 3.8) is 0 Å². The van der Waals surface area contributed by atoms with Crippen LogP contribution in [0.5, 0.6) is 5.75 Å². The summed E-state index contributed by atoms with van der Waals surface area (Å²) in [5.74, 6) is -0.357. The number of nitrogens with zero attached hydrogens (tertiary/aromatic N) is 1. The Morgan fingerprint density at radius 3 is 2.57 bits per heavy atom. The number of rotatable bonds is 2. The number of nitro groups is 1. The van der Waals surface area contributed by atoms with Crippen molar-refractivity contribution in [3.8, 4) is 5.75 Å². The Morgan fingerprint density at radius 2 is 1.90 bits per heavy atom. The van der Waals surface area contributed by atoms with Crippen LogP contribution >= 0.6 is 0 Å². The number of benzene rings is 2. The third-order valence-corrected chi connectivity index (χ3v) is 3.48. The quantitative estimate of drug-likeness (QED) is 0.673. The first-order valence-electron chi connectivity index (χ1n) is 6.26. The second kappa shape index (κ2) is 4.68. The molecule has 6 nitrogen and oxygen atoms in total. The zero-order valence-corrected chi connectivity index (χ0v) is 10.9. The van der Waals surface area contributed by atoms with Gasteiger partial charge in [0.15, 0.2) is 5.60 Å². The fourth-order valence-corrected chi connectivity index (χ4v) is 2.33. The van der Waals surface area contributed by atoms with Crippen molar-refractivity contribution >= 4 is 11.5 Å². The molecule has 0 amide bonds. The van der Waals surface area contributed by atoms with Crippen LogP contribution in [0.2, 0.25) is 0 Å². The van der Waals surface area contributed by atoms with Crippen molar-refractivity contribution in [1.82, 2.24) is 0 Å². The molecule has 1 aliphatic heterocycles. The number of hydrogen-bond acceptors (Lipinski definition) is 5. The van der Waals surface area contributed by atoms with E-state index in [0.717, 1.165) is 6.07 Å². The zero-order chi connectivity index (χ0) is 15.0. The molecule has 2 aromatic rings. The van der Waals surface area contributed by atoms with Crippen LogP contribution in [0, 0.1) is 10.1 Å². The Labute approximate surface area is 119 Å². The number of Topliss-reactive ketones (excluding diaryl/α,β-unsaturated/α-hetero) is 1. The van der Waals surface area contributed by atoms with Gasteiger partial charge in [-0.2, -0.15) is 0 Å². The van der Waals surface area contributed by atoms with Crippen molar-refractivity contribution in [2.75, 3.05) is 6.61 Å². The highest BCUT2D eigenvalue weighted by Gasteiger charge is 2.44. The predicted octanol–water partition coefficient (Wildman–Crippen LogP) is 2.06. The fraction of sp³-hybridized carbons (Fsp3) is 0.133. The van der Waals surface area contributed by atoms with E-state index in [9.17, 15) is 20.0 Å². The van der Waals surface area contributed by atoms with Crippen LogP contribution in [-0.4, -0.2) is 22.4 Å². The van der Waals surface area contributed by atoms with Crippen molar-refractivity contribution in [1.29, 1.82) is 0 Å². The second-order valence-corrected chi connectivity index (χ2v) is 4.78. The molecule has 0 saturated heterocycles. The van der Waals surface area contributed by atoms with Gasteiger partial charge < -0.3 is 9.84 Å². The van der Waals surface area contributed by atoms with Gasteiger partial charge in [-0.1, -0.05) is 30.3 Å². The van der Waals surface area contributed by atoms with E-state index in [1.807, 2.05) is 0 Å². The summed E-state index contributed by atoms with van der Waals surface area (Å²) in [4.78, 5) is 22.8. The van der Waals surface area contributed by atoms with Crippen LogP contribution in [0.15, 0.2) is 48.5 Å². The van der Waals surface area contributed by atoms with Gasteiger partial charge in [0, 0.05) is 12.1 Å². The topological polar surface area (TPSA) is 89.7 Å². The fourth-order valence-electron chi connectivity index (χ4n) is 2.33. The first kappa shape index (κ1) is 13.3. The van der Waals surface area contributed by atoms with E-state index < -0.39 is 16.3 Å². The maximum Gasteiger partial charge on any atom is 0.270 e. The van der Waals surface area contributed by atoms with Crippen molar-refractivity contribution in [3.05, 3.63) is 69.8 Å². The average Bonchev–Trinajstić information content (AvgIpc) is 2.51. The molecular formula is C15H11NO5. The van der Waals surface area contributed by atoms with Crippen molar-refractivity contribution in [2.24, 2.45) is 0 Å². The number of nitro benzene ring substituents is 1. The largest absolute Gasteiger partial charge is 0.489 e. The number of carbonyl (C=O) groups excluding carboxylic acids is 1. The lowest BCUT2D eigenvalue weighted by Gasteiger charge is -2.32. The molecule has 3 rings (SSSR count). The normalized spacial score (nSPS) is 20.5. The van der Waals surface area contributed by atoms with Gasteiger partial charge in [-0.15, -0.1) is 0 Å². The van der Waals surface area contributed by atoms with Gasteiger partial charge in [0.1, 0.15) is 12.4 Å². The summed E-state index contributed by atoms with van der Waals surface area (Å²) in [5.41, 5.74) is -1.64. The maximum absolute atomic E-state index is 12.6. The molecular weight excluding hydrogens is 274 g/mol. The lowest BCUT2D eigenvalue weighted by atomic mass is 9.84. The highest BCUT2D eigenvalue weighted by molar-refractivity contribution is 6.06. The summed E-state index contributed by atoms with van der Waals surface area (Å²) in [6, 6.07) is 12.2. The molecule has 1 aliphatic rings. The van der Waals surface area contributed by atoms with Gasteiger partial charge in [-0.25, -0.2) is 0 Å². The van der Waals surface area contributed by atoms with E-state index in [1.165, 1.54) is 12.1 Å². The Hall–Kier alpha value is -2.73. The third-order valence-electron chi connectivity index (χ3n) is 3.48. The first-order chi connectivity index (χ1) is 10.0. The Bertz CT molecular complexity index is 728. The molecule has 0 radical (unpaired) electrons. The summed E-state index contributed by atoms with van der Waals surface area (Å²) >= 11 is 0. The molecule has 2 aromatic carbocycles. The molecule has 106 valence electrons. The molecule has 1 N–H and O–H groups in total. The molecule has 0 saturated carbocycles. The van der Waals surface area contributed by atoms with E-state index in [2.05, 4.69) is 0 Å². The number of ketones is 1. The van der Waals surface area contributed by atoms with Gasteiger partial charge in [0.25, 0.3) is 5.69 Å². The van der Waals surface area contributed by atoms with Gasteiger partial charge >= 0.3 is 0 Å². The van der Waals surface area contributed by atoms with Crippen LogP contribution in [0.4, 0.5) is 5.69 Å². The van der Waals surface area contributed by atoms with Crippen LogP contribution in [-0.2, 0) is 5.60 Å². The second-order valence-electron chi connectivity index (χ2n) is 4.78. The number of carbonyl (C=O) groups is 1. The standard InChI is InChI=1S/C15H11NO5/c17-14-12-8-11(16(19)20)6-7-13(12)21-9-15(14,18)10-4-2-1-3-5-10/h1-8,18H,9H2/t15-/m1/s1. The van der Waals surface area contributed by atoms with Gasteiger partial charge in [-0.3, -0.25) is 14.9 Å². The third kappa shape index (κ3) is 2.05. The molecule has 0 unspecified atom stereocenters. The van der Waals surface area contributed by atoms with Gasteiger partial charge in [-0.05, 0) is 11.6 Å². The summed E-state index contributed by atoms with van der Waals surface area (Å²) in [5, 5.41) is 21.5. The van der Waals surface area contributed by atoms with E-state index in [1.54, 1.807) is 30.3 Å². The van der Waals surface area contributed by atoms with E-state index in [-0.39, 0.29) is 23.6 Å². The summed E-state index contributed by atoms with van der Waals surface area (Å²) in [7, 11) is 0. The monoisotopic (exact) mass is 285 g/mol. The predicted molar refractivity (Wildman–Crippen MR) is 73.3 cm³/mol. The zero-order valence-electron chi connectivity index (χ0n) is 10.9.